The summed E-state index contributed by atoms with van der Waals surface area (Å²) in [5, 5.41) is 3.41. The molecule has 1 heterocycles. The lowest BCUT2D eigenvalue weighted by atomic mass is 9.72. The average molecular weight is 354 g/mol. The highest BCUT2D eigenvalue weighted by Gasteiger charge is 2.37. The number of hydrogen-bond donors (Lipinski definition) is 1. The summed E-state index contributed by atoms with van der Waals surface area (Å²) in [6.07, 6.45) is 4.65. The number of carbonyl (C=O) groups excluding carboxylic acids is 1. The second-order valence-corrected chi connectivity index (χ2v) is 6.73. The predicted octanol–water partition coefficient (Wildman–Crippen LogP) is 3.74. The lowest BCUT2D eigenvalue weighted by Crippen LogP contribution is -2.46. The first-order chi connectivity index (χ1) is 10.1. The van der Waals surface area contributed by atoms with Gasteiger partial charge in [-0.15, -0.1) is 0 Å². The molecular weight excluding hydrogens is 330 g/mol. The average Bonchev–Trinajstić information content (AvgIpc) is 2.48. The molecule has 0 amide bonds. The molecule has 1 aliphatic heterocycles. The fourth-order valence-electron chi connectivity index (χ4n) is 3.23. The van der Waals surface area contributed by atoms with Crippen molar-refractivity contribution < 1.29 is 9.53 Å². The van der Waals surface area contributed by atoms with E-state index in [0.29, 0.717) is 12.2 Å². The number of hydrogen-bond acceptors (Lipinski definition) is 3. The summed E-state index contributed by atoms with van der Waals surface area (Å²) in [6.45, 7) is 4.03. The summed E-state index contributed by atoms with van der Waals surface area (Å²) in [5.41, 5.74) is 0.882. The largest absolute Gasteiger partial charge is 0.496 e. The summed E-state index contributed by atoms with van der Waals surface area (Å²) >= 11 is 3.49. The minimum Gasteiger partial charge on any atom is -0.496 e. The van der Waals surface area contributed by atoms with Crippen LogP contribution in [0.15, 0.2) is 22.7 Å². The minimum atomic E-state index is -0.167. The maximum Gasteiger partial charge on any atom is 0.144 e. The quantitative estimate of drug-likeness (QED) is 0.846. The molecule has 21 heavy (non-hydrogen) atoms. The van der Waals surface area contributed by atoms with Crippen LogP contribution in [0.2, 0.25) is 0 Å². The molecule has 0 radical (unpaired) electrons. The van der Waals surface area contributed by atoms with Crippen molar-refractivity contribution >= 4 is 21.7 Å². The zero-order valence-corrected chi connectivity index (χ0v) is 14.5. The highest BCUT2D eigenvalue weighted by molar-refractivity contribution is 9.10. The number of ketones is 1. The summed E-state index contributed by atoms with van der Waals surface area (Å²) in [5.74, 6) is 1.17. The molecule has 116 valence electrons. The molecule has 2 rings (SSSR count). The van der Waals surface area contributed by atoms with Crippen LogP contribution in [0.25, 0.3) is 0 Å². The standard InChI is InChI=1S/C17H24BrNO2/c1-3-7-17(8-4-9-19-12-17)16(20)11-13-5-6-15(21-2)14(18)10-13/h5-6,10,19H,3-4,7-9,11-12H2,1-2H3. The molecule has 0 saturated carbocycles. The van der Waals surface area contributed by atoms with E-state index in [0.717, 1.165) is 54.6 Å². The van der Waals surface area contributed by atoms with Crippen LogP contribution >= 0.6 is 15.9 Å². The number of benzene rings is 1. The zero-order chi connectivity index (χ0) is 15.3. The first-order valence-corrected chi connectivity index (χ1v) is 8.47. The van der Waals surface area contributed by atoms with Crippen molar-refractivity contribution in [2.24, 2.45) is 5.41 Å². The summed E-state index contributed by atoms with van der Waals surface area (Å²) < 4.78 is 6.14. The van der Waals surface area contributed by atoms with Gasteiger partial charge in [-0.1, -0.05) is 19.4 Å². The van der Waals surface area contributed by atoms with Crippen LogP contribution in [0.3, 0.4) is 0 Å². The van der Waals surface area contributed by atoms with Gasteiger partial charge in [-0.3, -0.25) is 4.79 Å². The number of piperidine rings is 1. The Balaban J connectivity index is 2.13. The van der Waals surface area contributed by atoms with Gasteiger partial charge in [0.15, 0.2) is 0 Å². The van der Waals surface area contributed by atoms with E-state index in [4.69, 9.17) is 4.74 Å². The van der Waals surface area contributed by atoms with Crippen LogP contribution in [-0.4, -0.2) is 26.0 Å². The number of ether oxygens (including phenoxy) is 1. The third-order valence-corrected chi connectivity index (χ3v) is 4.99. The van der Waals surface area contributed by atoms with E-state index in [1.54, 1.807) is 7.11 Å². The molecule has 1 unspecified atom stereocenters. The lowest BCUT2D eigenvalue weighted by molar-refractivity contribution is -0.129. The summed E-state index contributed by atoms with van der Waals surface area (Å²) in [7, 11) is 1.65. The van der Waals surface area contributed by atoms with Crippen molar-refractivity contribution in [1.29, 1.82) is 0 Å². The van der Waals surface area contributed by atoms with Crippen LogP contribution in [0.4, 0.5) is 0 Å². The van der Waals surface area contributed by atoms with E-state index >= 15 is 0 Å². The number of carbonyl (C=O) groups is 1. The van der Waals surface area contributed by atoms with Gasteiger partial charge in [0.05, 0.1) is 11.6 Å². The third-order valence-electron chi connectivity index (χ3n) is 4.37. The Labute approximate surface area is 135 Å². The summed E-state index contributed by atoms with van der Waals surface area (Å²) in [4.78, 5) is 12.9. The molecular formula is C17H24BrNO2. The van der Waals surface area contributed by atoms with E-state index in [-0.39, 0.29) is 5.41 Å². The molecule has 1 N–H and O–H groups in total. The molecule has 1 saturated heterocycles. The Morgan fingerprint density at radius 2 is 2.29 bits per heavy atom. The molecule has 0 aliphatic carbocycles. The minimum absolute atomic E-state index is 0.167. The Morgan fingerprint density at radius 3 is 2.86 bits per heavy atom. The number of Topliss-reactive ketones (excluding diaryl/α,β-unsaturated/α-hetero) is 1. The van der Waals surface area contributed by atoms with Crippen LogP contribution in [0.5, 0.6) is 5.75 Å². The summed E-state index contributed by atoms with van der Waals surface area (Å²) in [6, 6.07) is 5.89. The number of rotatable bonds is 6. The molecule has 1 aliphatic rings. The van der Waals surface area contributed by atoms with Crippen LogP contribution in [0, 0.1) is 5.41 Å². The highest BCUT2D eigenvalue weighted by Crippen LogP contribution is 2.34. The van der Waals surface area contributed by atoms with Crippen molar-refractivity contribution in [1.82, 2.24) is 5.32 Å². The Bertz CT molecular complexity index is 490. The van der Waals surface area contributed by atoms with E-state index in [1.807, 2.05) is 18.2 Å². The van der Waals surface area contributed by atoms with Crippen molar-refractivity contribution in [2.75, 3.05) is 20.2 Å². The van der Waals surface area contributed by atoms with Crippen molar-refractivity contribution in [3.8, 4) is 5.75 Å². The second kappa shape index (κ2) is 7.41. The van der Waals surface area contributed by atoms with Crippen molar-refractivity contribution in [3.05, 3.63) is 28.2 Å². The molecule has 4 heteroatoms. The Kier molecular flexibility index (Phi) is 5.82. The zero-order valence-electron chi connectivity index (χ0n) is 12.9. The fraction of sp³-hybridized carbons (Fsp3) is 0.588. The van der Waals surface area contributed by atoms with Crippen molar-refractivity contribution in [3.63, 3.8) is 0 Å². The molecule has 0 bridgehead atoms. The van der Waals surface area contributed by atoms with Gasteiger partial charge in [0, 0.05) is 18.4 Å². The van der Waals surface area contributed by atoms with Gasteiger partial charge in [0.2, 0.25) is 0 Å². The molecule has 1 fully saturated rings. The number of nitrogens with one attached hydrogen (secondary N) is 1. The van der Waals surface area contributed by atoms with E-state index < -0.39 is 0 Å². The van der Waals surface area contributed by atoms with Crippen LogP contribution in [-0.2, 0) is 11.2 Å². The second-order valence-electron chi connectivity index (χ2n) is 5.88. The van der Waals surface area contributed by atoms with Gasteiger partial charge in [0.25, 0.3) is 0 Å². The highest BCUT2D eigenvalue weighted by atomic mass is 79.9. The molecule has 0 spiro atoms. The Hall–Kier alpha value is -0.870. The van der Waals surface area contributed by atoms with Gasteiger partial charge in [0.1, 0.15) is 11.5 Å². The number of methoxy groups -OCH3 is 1. The smallest absolute Gasteiger partial charge is 0.144 e. The van der Waals surface area contributed by atoms with E-state index in [2.05, 4.69) is 28.2 Å². The molecule has 1 aromatic rings. The monoisotopic (exact) mass is 353 g/mol. The maximum absolute atomic E-state index is 12.9. The van der Waals surface area contributed by atoms with E-state index in [1.165, 1.54) is 0 Å². The number of halogens is 1. The van der Waals surface area contributed by atoms with Gasteiger partial charge < -0.3 is 10.1 Å². The predicted molar refractivity (Wildman–Crippen MR) is 88.8 cm³/mol. The SMILES string of the molecule is CCCC1(C(=O)Cc2ccc(OC)c(Br)c2)CCCNC1. The third kappa shape index (κ3) is 3.86. The Morgan fingerprint density at radius 1 is 1.48 bits per heavy atom. The lowest BCUT2D eigenvalue weighted by Gasteiger charge is -2.36. The van der Waals surface area contributed by atoms with Crippen LogP contribution < -0.4 is 10.1 Å². The first kappa shape index (κ1) is 16.5. The van der Waals surface area contributed by atoms with Crippen molar-refractivity contribution in [2.45, 2.75) is 39.0 Å². The van der Waals surface area contributed by atoms with Gasteiger partial charge >= 0.3 is 0 Å². The molecule has 3 nitrogen and oxygen atoms in total. The van der Waals surface area contributed by atoms with Crippen LogP contribution in [0.1, 0.15) is 38.2 Å². The van der Waals surface area contributed by atoms with Gasteiger partial charge in [-0.25, -0.2) is 0 Å². The van der Waals surface area contributed by atoms with Gasteiger partial charge in [-0.2, -0.15) is 0 Å². The van der Waals surface area contributed by atoms with E-state index in [9.17, 15) is 4.79 Å². The molecule has 1 aromatic carbocycles. The first-order valence-electron chi connectivity index (χ1n) is 7.68. The molecule has 0 aromatic heterocycles. The normalized spacial score (nSPS) is 22.0. The van der Waals surface area contributed by atoms with Gasteiger partial charge in [-0.05, 0) is 59.4 Å². The fourth-order valence-corrected chi connectivity index (χ4v) is 3.82. The maximum atomic E-state index is 12.9. The molecule has 1 atom stereocenters. The topological polar surface area (TPSA) is 38.3 Å².